The lowest BCUT2D eigenvalue weighted by Gasteiger charge is -2.22. The van der Waals surface area contributed by atoms with E-state index in [2.05, 4.69) is 25.1 Å². The second kappa shape index (κ2) is 10.1. The van der Waals surface area contributed by atoms with Crippen molar-refractivity contribution in [1.82, 2.24) is 30.1 Å². The molecule has 0 bridgehead atoms. The van der Waals surface area contributed by atoms with Crippen LogP contribution in [0.3, 0.4) is 0 Å². The lowest BCUT2D eigenvalue weighted by Crippen LogP contribution is -2.19. The zero-order valence-corrected chi connectivity index (χ0v) is 21.9. The van der Waals surface area contributed by atoms with Gasteiger partial charge in [0.25, 0.3) is 0 Å². The summed E-state index contributed by atoms with van der Waals surface area (Å²) in [4.78, 5) is 17.3. The first-order valence-corrected chi connectivity index (χ1v) is 13.4. The third-order valence-electron chi connectivity index (χ3n) is 7.47. The van der Waals surface area contributed by atoms with E-state index in [1.165, 1.54) is 38.5 Å². The van der Waals surface area contributed by atoms with Crippen LogP contribution in [0.2, 0.25) is 0 Å². The number of imidazole rings is 1. The van der Waals surface area contributed by atoms with Crippen molar-refractivity contribution in [2.24, 2.45) is 0 Å². The molecule has 0 atom stereocenters. The Labute approximate surface area is 229 Å². The van der Waals surface area contributed by atoms with Gasteiger partial charge in [0.05, 0.1) is 47.9 Å². The van der Waals surface area contributed by atoms with Crippen molar-refractivity contribution in [2.45, 2.75) is 38.2 Å². The predicted octanol–water partition coefficient (Wildman–Crippen LogP) is 7.09. The summed E-state index contributed by atoms with van der Waals surface area (Å²) in [5.74, 6) is 1.44. The molecule has 6 aromatic rings. The summed E-state index contributed by atoms with van der Waals surface area (Å²) in [6, 6.07) is 14.4. The number of para-hydroxylation sites is 1. The molecule has 0 radical (unpaired) electrons. The summed E-state index contributed by atoms with van der Waals surface area (Å²) in [6.07, 6.45) is 11.4. The van der Waals surface area contributed by atoms with Gasteiger partial charge in [-0.05, 0) is 61.6 Å². The summed E-state index contributed by atoms with van der Waals surface area (Å²) in [6.45, 7) is 0. The van der Waals surface area contributed by atoms with Crippen LogP contribution < -0.4 is 9.47 Å². The average molecular weight is 535 g/mol. The highest BCUT2D eigenvalue weighted by atomic mass is 19.1. The average Bonchev–Trinajstić information content (AvgIpc) is 3.61. The fraction of sp³-hybridized carbons (Fsp3) is 0.226. The number of fused-ring (bicyclic) bond motifs is 2. The number of halogens is 1. The highest BCUT2D eigenvalue weighted by molar-refractivity contribution is 5.97. The highest BCUT2D eigenvalue weighted by Crippen LogP contribution is 2.34. The van der Waals surface area contributed by atoms with Gasteiger partial charge in [0.15, 0.2) is 5.82 Å². The first kappa shape index (κ1) is 24.3. The largest absolute Gasteiger partial charge is 0.497 e. The van der Waals surface area contributed by atoms with Crippen LogP contribution in [0.4, 0.5) is 4.39 Å². The number of H-pyrrole nitrogens is 2. The number of hydrogen-bond donors (Lipinski definition) is 2. The molecule has 8 nitrogen and oxygen atoms in total. The molecule has 4 aromatic heterocycles. The number of aromatic amines is 2. The van der Waals surface area contributed by atoms with Crippen molar-refractivity contribution in [1.29, 1.82) is 0 Å². The van der Waals surface area contributed by atoms with Gasteiger partial charge in [-0.15, -0.1) is 0 Å². The van der Waals surface area contributed by atoms with E-state index in [1.807, 2.05) is 30.3 Å². The van der Waals surface area contributed by atoms with E-state index < -0.39 is 0 Å². The van der Waals surface area contributed by atoms with Gasteiger partial charge in [0, 0.05) is 28.8 Å². The van der Waals surface area contributed by atoms with Crippen LogP contribution in [0.25, 0.3) is 55.8 Å². The summed E-state index contributed by atoms with van der Waals surface area (Å²) in [5, 5.41) is 8.49. The second-order valence-corrected chi connectivity index (χ2v) is 10.1. The molecular weight excluding hydrogens is 507 g/mol. The van der Waals surface area contributed by atoms with Crippen LogP contribution in [0, 0.1) is 5.82 Å². The molecule has 2 N–H and O–H groups in total. The molecule has 2 aromatic carbocycles. The van der Waals surface area contributed by atoms with E-state index in [1.54, 1.807) is 24.7 Å². The van der Waals surface area contributed by atoms with Crippen molar-refractivity contribution in [3.05, 3.63) is 72.9 Å². The standard InChI is InChI=1S/C31H27FN6O2/c1-39-22-11-18(10-20(32)13-22)24-8-5-9-26-29(24)36-31(35-26)30-25-14-27(34-17-28(25)37-38-30)19-12-23(16-33-15-19)40-21-6-3-2-4-7-21/h5,8-17,21H,2-4,6-7H2,1H3,(H,35,36)(H,37,38). The van der Waals surface area contributed by atoms with E-state index >= 15 is 0 Å². The smallest absolute Gasteiger partial charge is 0.159 e. The molecule has 0 unspecified atom stereocenters. The first-order chi connectivity index (χ1) is 19.6. The number of benzene rings is 2. The summed E-state index contributed by atoms with van der Waals surface area (Å²) in [7, 11) is 1.52. The predicted molar refractivity (Wildman–Crippen MR) is 152 cm³/mol. The lowest BCUT2D eigenvalue weighted by atomic mass is 9.98. The van der Waals surface area contributed by atoms with Crippen LogP contribution in [-0.2, 0) is 0 Å². The number of nitrogens with one attached hydrogen (secondary N) is 2. The zero-order chi connectivity index (χ0) is 27.1. The van der Waals surface area contributed by atoms with Crippen LogP contribution in [0.1, 0.15) is 32.1 Å². The minimum atomic E-state index is -0.372. The molecule has 200 valence electrons. The van der Waals surface area contributed by atoms with Crippen LogP contribution in [-0.4, -0.2) is 43.3 Å². The molecule has 1 saturated carbocycles. The van der Waals surface area contributed by atoms with E-state index in [9.17, 15) is 4.39 Å². The Morgan fingerprint density at radius 2 is 1.77 bits per heavy atom. The highest BCUT2D eigenvalue weighted by Gasteiger charge is 2.18. The molecule has 40 heavy (non-hydrogen) atoms. The van der Waals surface area contributed by atoms with Crippen molar-refractivity contribution in [2.75, 3.05) is 7.11 Å². The number of methoxy groups -OCH3 is 1. The van der Waals surface area contributed by atoms with Crippen LogP contribution in [0.5, 0.6) is 11.5 Å². The number of pyridine rings is 2. The fourth-order valence-corrected chi connectivity index (χ4v) is 5.47. The Hall–Kier alpha value is -4.79. The van der Waals surface area contributed by atoms with Gasteiger partial charge in [0.2, 0.25) is 0 Å². The Balaban J connectivity index is 1.26. The number of rotatable bonds is 6. The number of nitrogens with zero attached hydrogens (tertiary/aromatic N) is 4. The van der Waals surface area contributed by atoms with Crippen LogP contribution in [0.15, 0.2) is 67.1 Å². The summed E-state index contributed by atoms with van der Waals surface area (Å²) < 4.78 is 25.8. The zero-order valence-electron chi connectivity index (χ0n) is 21.9. The third-order valence-corrected chi connectivity index (χ3v) is 7.47. The quantitative estimate of drug-likeness (QED) is 0.237. The maximum absolute atomic E-state index is 14.3. The Bertz CT molecular complexity index is 1840. The lowest BCUT2D eigenvalue weighted by molar-refractivity contribution is 0.154. The Kier molecular flexibility index (Phi) is 6.11. The van der Waals surface area contributed by atoms with E-state index in [0.717, 1.165) is 51.8 Å². The van der Waals surface area contributed by atoms with E-state index in [-0.39, 0.29) is 11.9 Å². The molecule has 0 aliphatic heterocycles. The van der Waals surface area contributed by atoms with Crippen molar-refractivity contribution >= 4 is 21.9 Å². The maximum Gasteiger partial charge on any atom is 0.159 e. The molecule has 1 aliphatic rings. The SMILES string of the molecule is COc1cc(F)cc(-c2cccc3[nH]c(-c4n[nH]c5cnc(-c6cncc(OC7CCCCC7)c6)cc45)nc23)c1. The molecule has 4 heterocycles. The number of ether oxygens (including phenoxy) is 2. The van der Waals surface area contributed by atoms with Crippen molar-refractivity contribution in [3.8, 4) is 45.4 Å². The normalized spacial score (nSPS) is 14.2. The van der Waals surface area contributed by atoms with Gasteiger partial charge in [-0.25, -0.2) is 9.37 Å². The minimum absolute atomic E-state index is 0.244. The van der Waals surface area contributed by atoms with Crippen molar-refractivity contribution < 1.29 is 13.9 Å². The Morgan fingerprint density at radius 1 is 0.900 bits per heavy atom. The van der Waals surface area contributed by atoms with Gasteiger partial charge in [-0.3, -0.25) is 15.1 Å². The topological polar surface area (TPSA) is 102 Å². The maximum atomic E-state index is 14.3. The molecule has 0 spiro atoms. The van der Waals surface area contributed by atoms with Crippen molar-refractivity contribution in [3.63, 3.8) is 0 Å². The molecule has 1 fully saturated rings. The Morgan fingerprint density at radius 3 is 2.65 bits per heavy atom. The van der Waals surface area contributed by atoms with Gasteiger partial charge in [-0.1, -0.05) is 18.6 Å². The molecule has 7 rings (SSSR count). The fourth-order valence-electron chi connectivity index (χ4n) is 5.47. The van der Waals surface area contributed by atoms with E-state index in [0.29, 0.717) is 28.3 Å². The number of hydrogen-bond acceptors (Lipinski definition) is 6. The third kappa shape index (κ3) is 4.53. The molecule has 9 heteroatoms. The minimum Gasteiger partial charge on any atom is -0.497 e. The van der Waals surface area contributed by atoms with Gasteiger partial charge < -0.3 is 14.5 Å². The molecular formula is C31H27FN6O2. The van der Waals surface area contributed by atoms with Crippen LogP contribution >= 0.6 is 0 Å². The molecule has 1 aliphatic carbocycles. The molecule has 0 amide bonds. The summed E-state index contributed by atoms with van der Waals surface area (Å²) >= 11 is 0. The second-order valence-electron chi connectivity index (χ2n) is 10.1. The van der Waals surface area contributed by atoms with Gasteiger partial charge in [0.1, 0.15) is 23.0 Å². The number of aromatic nitrogens is 6. The van der Waals surface area contributed by atoms with E-state index in [4.69, 9.17) is 14.5 Å². The van der Waals surface area contributed by atoms with Gasteiger partial charge in [-0.2, -0.15) is 5.10 Å². The van der Waals surface area contributed by atoms with Gasteiger partial charge >= 0.3 is 0 Å². The first-order valence-electron chi connectivity index (χ1n) is 13.4. The summed E-state index contributed by atoms with van der Waals surface area (Å²) in [5.41, 5.74) is 6.10. The molecule has 0 saturated heterocycles. The monoisotopic (exact) mass is 534 g/mol.